The molecule has 6 nitrogen and oxygen atoms in total. The molecule has 0 saturated carbocycles. The molecule has 0 spiro atoms. The lowest BCUT2D eigenvalue weighted by Gasteiger charge is -2.38. The van der Waals surface area contributed by atoms with Crippen molar-refractivity contribution in [2.45, 2.75) is 31.9 Å². The molecular weight excluding hydrogens is 461 g/mol. The first-order valence-electron chi connectivity index (χ1n) is 10.3. The summed E-state index contributed by atoms with van der Waals surface area (Å²) in [5.74, 6) is -2.20. The van der Waals surface area contributed by atoms with E-state index in [0.29, 0.717) is 23.5 Å². The fourth-order valence-electron chi connectivity index (χ4n) is 4.35. The number of esters is 2. The smallest absolute Gasteiger partial charge is 0.416 e. The van der Waals surface area contributed by atoms with Crippen LogP contribution < -0.4 is 0 Å². The summed E-state index contributed by atoms with van der Waals surface area (Å²) in [5, 5.41) is 0. The Morgan fingerprint density at radius 3 is 2.00 bits per heavy atom. The van der Waals surface area contributed by atoms with Crippen molar-refractivity contribution in [3.63, 3.8) is 0 Å². The zero-order valence-corrected chi connectivity index (χ0v) is 19.8. The third kappa shape index (κ3) is 5.35. The van der Waals surface area contributed by atoms with E-state index in [1.165, 1.54) is 26.4 Å². The maximum Gasteiger partial charge on any atom is 0.416 e. The molecule has 182 valence electrons. The van der Waals surface area contributed by atoms with Crippen LogP contribution in [0.5, 0.6) is 0 Å². The summed E-state index contributed by atoms with van der Waals surface area (Å²) in [6.07, 6.45) is -2.39. The number of methoxy groups -OCH3 is 2. The first-order valence-corrected chi connectivity index (χ1v) is 10.3. The van der Waals surface area contributed by atoms with Gasteiger partial charge in [-0.25, -0.2) is 9.59 Å². The molecule has 1 aromatic rings. The summed E-state index contributed by atoms with van der Waals surface area (Å²) in [6.45, 7) is 3.96. The monoisotopic (exact) mass is 488 g/mol. The van der Waals surface area contributed by atoms with E-state index in [9.17, 15) is 22.8 Å². The number of hydrogen-bond acceptors (Lipinski definition) is 6. The fourth-order valence-corrected chi connectivity index (χ4v) is 4.35. The maximum atomic E-state index is 13.1. The van der Waals surface area contributed by atoms with Crippen molar-refractivity contribution in [1.82, 2.24) is 9.80 Å². The summed E-state index contributed by atoms with van der Waals surface area (Å²) in [6, 6.07) is 4.50. The van der Waals surface area contributed by atoms with Gasteiger partial charge in [0.2, 0.25) is 0 Å². The van der Waals surface area contributed by atoms with E-state index < -0.39 is 29.6 Å². The lowest BCUT2D eigenvalue weighted by atomic mass is 9.79. The zero-order chi connectivity index (χ0) is 23.6. The van der Waals surface area contributed by atoms with Crippen molar-refractivity contribution in [3.8, 4) is 0 Å². The summed E-state index contributed by atoms with van der Waals surface area (Å²) in [4.78, 5) is 29.7. The molecule has 1 saturated heterocycles. The van der Waals surface area contributed by atoms with Crippen LogP contribution in [0.15, 0.2) is 46.8 Å². The number of benzene rings is 1. The Bertz CT molecular complexity index is 951. The minimum Gasteiger partial charge on any atom is -0.466 e. The van der Waals surface area contributed by atoms with E-state index in [-0.39, 0.29) is 23.6 Å². The Hall–Kier alpha value is -2.52. The normalized spacial score (nSPS) is 19.5. The molecule has 0 bridgehead atoms. The van der Waals surface area contributed by atoms with Crippen LogP contribution in [-0.2, 0) is 25.2 Å². The Kier molecular flexibility index (Phi) is 8.59. The first kappa shape index (κ1) is 26.7. The highest BCUT2D eigenvalue weighted by Gasteiger charge is 2.41. The highest BCUT2D eigenvalue weighted by Crippen LogP contribution is 2.43. The molecule has 0 N–H and O–H groups in total. The van der Waals surface area contributed by atoms with Gasteiger partial charge in [0.15, 0.2) is 0 Å². The molecule has 1 fully saturated rings. The highest BCUT2D eigenvalue weighted by molar-refractivity contribution is 5.99. The molecule has 0 amide bonds. The Labute approximate surface area is 197 Å². The van der Waals surface area contributed by atoms with Gasteiger partial charge < -0.3 is 14.4 Å². The molecule has 1 aromatic carbocycles. The third-order valence-corrected chi connectivity index (χ3v) is 6.14. The van der Waals surface area contributed by atoms with Gasteiger partial charge in [-0.3, -0.25) is 4.90 Å². The minimum atomic E-state index is -4.50. The highest BCUT2D eigenvalue weighted by atomic mass is 35.5. The van der Waals surface area contributed by atoms with Crippen molar-refractivity contribution >= 4 is 24.3 Å². The summed E-state index contributed by atoms with van der Waals surface area (Å²) in [7, 11) is 4.24. The van der Waals surface area contributed by atoms with Crippen molar-refractivity contribution in [1.29, 1.82) is 0 Å². The predicted octanol–water partition coefficient (Wildman–Crippen LogP) is 4.13. The molecule has 33 heavy (non-hydrogen) atoms. The Balaban J connectivity index is 0.00000385. The van der Waals surface area contributed by atoms with Crippen molar-refractivity contribution in [2.75, 3.05) is 40.9 Å². The third-order valence-electron chi connectivity index (χ3n) is 6.14. The van der Waals surface area contributed by atoms with Crippen molar-refractivity contribution < 1.29 is 32.2 Å². The molecule has 2 aliphatic rings. The second kappa shape index (κ2) is 10.6. The molecule has 0 aromatic heterocycles. The number of rotatable bonds is 5. The average Bonchev–Trinajstić information content (AvgIpc) is 3.28. The molecule has 10 heteroatoms. The van der Waals surface area contributed by atoms with Crippen LogP contribution in [0.1, 0.15) is 36.8 Å². The molecule has 1 unspecified atom stereocenters. The second-order valence-corrected chi connectivity index (χ2v) is 7.94. The SMILES string of the molecule is COC(=O)C1=C(C)N(C)C(CN2CCCC2)=C(C(=O)OC)C1c1ccc(C(F)(F)F)cc1.Cl. The minimum absolute atomic E-state index is 0. The Morgan fingerprint density at radius 1 is 1.00 bits per heavy atom. The van der Waals surface area contributed by atoms with Crippen molar-refractivity contribution in [3.05, 3.63) is 57.9 Å². The molecule has 1 atom stereocenters. The van der Waals surface area contributed by atoms with Gasteiger partial charge in [0.05, 0.1) is 36.8 Å². The molecule has 2 heterocycles. The van der Waals surface area contributed by atoms with Crippen LogP contribution >= 0.6 is 12.4 Å². The molecule has 0 radical (unpaired) electrons. The van der Waals surface area contributed by atoms with Gasteiger partial charge in [-0.2, -0.15) is 13.2 Å². The number of alkyl halides is 3. The second-order valence-electron chi connectivity index (χ2n) is 7.94. The number of ether oxygens (including phenoxy) is 2. The molecule has 2 aliphatic heterocycles. The van der Waals surface area contributed by atoms with Gasteiger partial charge in [0, 0.05) is 25.0 Å². The predicted molar refractivity (Wildman–Crippen MR) is 119 cm³/mol. The molecule has 3 rings (SSSR count). The average molecular weight is 489 g/mol. The van der Waals surface area contributed by atoms with Gasteiger partial charge in [0.25, 0.3) is 0 Å². The van der Waals surface area contributed by atoms with Gasteiger partial charge in [0.1, 0.15) is 0 Å². The summed E-state index contributed by atoms with van der Waals surface area (Å²) in [5.41, 5.74) is 1.23. The van der Waals surface area contributed by atoms with Gasteiger partial charge in [-0.05, 0) is 50.6 Å². The molecule has 0 aliphatic carbocycles. The number of carbonyl (C=O) groups excluding carboxylic acids is 2. The van der Waals surface area contributed by atoms with Crippen LogP contribution in [0.25, 0.3) is 0 Å². The summed E-state index contributed by atoms with van der Waals surface area (Å²) >= 11 is 0. The first-order chi connectivity index (χ1) is 15.1. The number of nitrogens with zero attached hydrogens (tertiary/aromatic N) is 2. The maximum absolute atomic E-state index is 13.1. The van der Waals surface area contributed by atoms with E-state index >= 15 is 0 Å². The van der Waals surface area contributed by atoms with Gasteiger partial charge in [-0.15, -0.1) is 12.4 Å². The van der Waals surface area contributed by atoms with Crippen LogP contribution in [0.3, 0.4) is 0 Å². The van der Waals surface area contributed by atoms with E-state index in [1.54, 1.807) is 18.9 Å². The number of likely N-dealkylation sites (tertiary alicyclic amines) is 1. The van der Waals surface area contributed by atoms with E-state index in [4.69, 9.17) is 9.47 Å². The van der Waals surface area contributed by atoms with Crippen LogP contribution in [0, 0.1) is 0 Å². The zero-order valence-electron chi connectivity index (χ0n) is 19.0. The quantitative estimate of drug-likeness (QED) is 0.581. The molecular formula is C23H28ClF3N2O4. The van der Waals surface area contributed by atoms with Gasteiger partial charge >= 0.3 is 18.1 Å². The number of halogens is 4. The number of carbonyl (C=O) groups is 2. The fraction of sp³-hybridized carbons (Fsp3) is 0.478. The number of hydrogen-bond donors (Lipinski definition) is 0. The Morgan fingerprint density at radius 2 is 1.52 bits per heavy atom. The summed E-state index contributed by atoms with van der Waals surface area (Å²) < 4.78 is 49.4. The largest absolute Gasteiger partial charge is 0.466 e. The van der Waals surface area contributed by atoms with E-state index in [1.807, 2.05) is 0 Å². The lowest BCUT2D eigenvalue weighted by molar-refractivity contribution is -0.138. The van der Waals surface area contributed by atoms with Crippen LogP contribution in [0.2, 0.25) is 0 Å². The number of allylic oxidation sites excluding steroid dienone is 1. The topological polar surface area (TPSA) is 59.1 Å². The standard InChI is InChI=1S/C23H27F3N2O4.ClH/c1-14-18(21(29)31-3)19(15-7-9-16(10-8-15)23(24,25)26)20(22(30)32-4)17(27(14)2)13-28-11-5-6-12-28;/h7-10,19H,5-6,11-13H2,1-4H3;1H. The number of likely N-dealkylation sites (N-methyl/N-ethyl adjacent to an activating group) is 1. The van der Waals surface area contributed by atoms with E-state index in [2.05, 4.69) is 4.90 Å². The van der Waals surface area contributed by atoms with Gasteiger partial charge in [-0.1, -0.05) is 12.1 Å². The van der Waals surface area contributed by atoms with E-state index in [0.717, 1.165) is 38.1 Å². The lowest BCUT2D eigenvalue weighted by Crippen LogP contribution is -2.38. The van der Waals surface area contributed by atoms with Crippen molar-refractivity contribution in [2.24, 2.45) is 0 Å². The van der Waals surface area contributed by atoms with Crippen LogP contribution in [-0.4, -0.2) is 62.6 Å². The van der Waals surface area contributed by atoms with Crippen LogP contribution in [0.4, 0.5) is 13.2 Å².